The molecule has 2 aliphatic heterocycles. The molecule has 6 nitrogen and oxygen atoms in total. The normalized spacial score (nSPS) is 42.8. The van der Waals surface area contributed by atoms with Gasteiger partial charge in [0.25, 0.3) is 0 Å². The fourth-order valence-corrected chi connectivity index (χ4v) is 8.40. The lowest BCUT2D eigenvalue weighted by Gasteiger charge is -2.57. The second-order valence-electron chi connectivity index (χ2n) is 12.2. The van der Waals surface area contributed by atoms with Crippen LogP contribution >= 0.6 is 0 Å². The molecular formula is C29H41NO5. The van der Waals surface area contributed by atoms with E-state index in [0.29, 0.717) is 17.8 Å². The molecule has 4 bridgehead atoms. The van der Waals surface area contributed by atoms with Crippen LogP contribution in [0.2, 0.25) is 0 Å². The minimum Gasteiger partial charge on any atom is -0.494 e. The molecule has 0 aromatic heterocycles. The van der Waals surface area contributed by atoms with Crippen molar-refractivity contribution in [3.8, 4) is 5.75 Å². The van der Waals surface area contributed by atoms with E-state index in [4.69, 9.17) is 24.0 Å². The van der Waals surface area contributed by atoms with E-state index in [-0.39, 0.29) is 0 Å². The molecule has 2 atom stereocenters. The van der Waals surface area contributed by atoms with E-state index < -0.39 is 11.6 Å². The van der Waals surface area contributed by atoms with Crippen molar-refractivity contribution < 1.29 is 24.0 Å². The van der Waals surface area contributed by atoms with Gasteiger partial charge < -0.3 is 14.2 Å². The van der Waals surface area contributed by atoms with Crippen LogP contribution in [0.5, 0.6) is 5.75 Å². The van der Waals surface area contributed by atoms with Gasteiger partial charge in [0.05, 0.1) is 19.8 Å². The summed E-state index contributed by atoms with van der Waals surface area (Å²) in [5.74, 6) is 3.22. The third-order valence-corrected chi connectivity index (χ3v) is 9.96. The standard InChI is InChI=1S/C29H41NO5/c1-3-24(23-4-6-27(7-5-23)32-12-2-9-30-10-13-31-14-11-30)20-28(8-1)33-29(35-34-28)25-16-21-15-22(18-25)19-26(29)17-21/h4-7,21-22,24-26H,1-3,8-20H2. The highest BCUT2D eigenvalue weighted by Crippen LogP contribution is 2.64. The molecule has 0 N–H and O–H groups in total. The predicted molar refractivity (Wildman–Crippen MR) is 131 cm³/mol. The molecular weight excluding hydrogens is 442 g/mol. The van der Waals surface area contributed by atoms with Crippen LogP contribution in [0, 0.1) is 23.7 Å². The van der Waals surface area contributed by atoms with Crippen molar-refractivity contribution >= 4 is 0 Å². The Morgan fingerprint density at radius 1 is 0.914 bits per heavy atom. The van der Waals surface area contributed by atoms with Crippen molar-refractivity contribution in [3.05, 3.63) is 29.8 Å². The molecule has 6 heteroatoms. The number of nitrogens with zero attached hydrogens (tertiary/aromatic N) is 1. The van der Waals surface area contributed by atoms with Crippen LogP contribution in [0.25, 0.3) is 0 Å². The predicted octanol–water partition coefficient (Wildman–Crippen LogP) is 5.27. The van der Waals surface area contributed by atoms with Gasteiger partial charge in [-0.3, -0.25) is 4.90 Å². The Labute approximate surface area is 209 Å². The zero-order valence-corrected chi connectivity index (χ0v) is 21.0. The Hall–Kier alpha value is -1.18. The van der Waals surface area contributed by atoms with E-state index in [2.05, 4.69) is 29.2 Å². The van der Waals surface area contributed by atoms with Crippen molar-refractivity contribution in [2.75, 3.05) is 39.5 Å². The summed E-state index contributed by atoms with van der Waals surface area (Å²) >= 11 is 0. The van der Waals surface area contributed by atoms with Gasteiger partial charge in [-0.05, 0) is 86.8 Å². The zero-order valence-electron chi connectivity index (χ0n) is 21.0. The molecule has 1 aromatic rings. The third-order valence-electron chi connectivity index (χ3n) is 9.96. The first kappa shape index (κ1) is 23.0. The first-order valence-electron chi connectivity index (χ1n) is 14.3. The van der Waals surface area contributed by atoms with Gasteiger partial charge in [0.15, 0.2) is 0 Å². The van der Waals surface area contributed by atoms with Crippen LogP contribution in [0.4, 0.5) is 0 Å². The molecule has 2 unspecified atom stereocenters. The summed E-state index contributed by atoms with van der Waals surface area (Å²) in [6.45, 7) is 5.64. The number of morpholine rings is 1. The largest absolute Gasteiger partial charge is 0.494 e. The summed E-state index contributed by atoms with van der Waals surface area (Å²) in [4.78, 5) is 14.9. The molecule has 7 aliphatic rings. The van der Waals surface area contributed by atoms with Gasteiger partial charge in [0, 0.05) is 44.3 Å². The molecule has 2 spiro atoms. The Kier molecular flexibility index (Phi) is 6.10. The fraction of sp³-hybridized carbons (Fsp3) is 0.793. The Morgan fingerprint density at radius 3 is 2.40 bits per heavy atom. The third kappa shape index (κ3) is 4.33. The zero-order chi connectivity index (χ0) is 23.3. The van der Waals surface area contributed by atoms with Crippen molar-refractivity contribution in [1.29, 1.82) is 0 Å². The summed E-state index contributed by atoms with van der Waals surface area (Å²) in [6, 6.07) is 8.76. The van der Waals surface area contributed by atoms with Gasteiger partial charge in [-0.2, -0.15) is 9.78 Å². The highest BCUT2D eigenvalue weighted by molar-refractivity contribution is 5.30. The fourth-order valence-electron chi connectivity index (χ4n) is 8.40. The molecule has 7 fully saturated rings. The summed E-state index contributed by atoms with van der Waals surface area (Å²) in [5, 5.41) is 0. The maximum absolute atomic E-state index is 6.96. The van der Waals surface area contributed by atoms with Crippen molar-refractivity contribution in [3.63, 3.8) is 0 Å². The lowest BCUT2D eigenvalue weighted by atomic mass is 9.53. The van der Waals surface area contributed by atoms with Crippen LogP contribution in [0.3, 0.4) is 0 Å². The van der Waals surface area contributed by atoms with E-state index >= 15 is 0 Å². The first-order valence-corrected chi connectivity index (χ1v) is 14.3. The molecule has 2 heterocycles. The molecule has 1 aromatic carbocycles. The number of hydrogen-bond acceptors (Lipinski definition) is 6. The molecule has 0 radical (unpaired) electrons. The second kappa shape index (κ2) is 9.29. The van der Waals surface area contributed by atoms with E-state index in [1.54, 1.807) is 0 Å². The molecule has 0 amide bonds. The summed E-state index contributed by atoms with van der Waals surface area (Å²) in [6.07, 6.45) is 11.7. The number of benzene rings is 1. The molecule has 35 heavy (non-hydrogen) atoms. The molecule has 2 saturated heterocycles. The summed E-state index contributed by atoms with van der Waals surface area (Å²) in [5.41, 5.74) is 1.36. The topological polar surface area (TPSA) is 49.4 Å². The van der Waals surface area contributed by atoms with Crippen molar-refractivity contribution in [2.45, 2.75) is 81.7 Å². The summed E-state index contributed by atoms with van der Waals surface area (Å²) in [7, 11) is 0. The maximum Gasteiger partial charge on any atom is 0.210 e. The van der Waals surface area contributed by atoms with Gasteiger partial charge >= 0.3 is 0 Å². The lowest BCUT2D eigenvalue weighted by Crippen LogP contribution is -2.59. The smallest absolute Gasteiger partial charge is 0.210 e. The van der Waals surface area contributed by atoms with Crippen LogP contribution in [0.15, 0.2) is 24.3 Å². The lowest BCUT2D eigenvalue weighted by molar-refractivity contribution is -0.390. The molecule has 5 aliphatic carbocycles. The number of rotatable bonds is 6. The quantitative estimate of drug-likeness (QED) is 0.406. The average Bonchev–Trinajstić information content (AvgIpc) is 3.25. The number of hydrogen-bond donors (Lipinski definition) is 0. The van der Waals surface area contributed by atoms with Crippen LogP contribution < -0.4 is 4.74 Å². The summed E-state index contributed by atoms with van der Waals surface area (Å²) < 4.78 is 18.4. The van der Waals surface area contributed by atoms with Crippen molar-refractivity contribution in [2.24, 2.45) is 23.7 Å². The Morgan fingerprint density at radius 2 is 1.66 bits per heavy atom. The van der Waals surface area contributed by atoms with Gasteiger partial charge in [0.2, 0.25) is 11.6 Å². The van der Waals surface area contributed by atoms with Crippen molar-refractivity contribution in [1.82, 2.24) is 4.90 Å². The highest BCUT2D eigenvalue weighted by atomic mass is 17.3. The highest BCUT2D eigenvalue weighted by Gasteiger charge is 2.67. The van der Waals surface area contributed by atoms with Gasteiger partial charge in [-0.25, -0.2) is 0 Å². The first-order chi connectivity index (χ1) is 17.2. The van der Waals surface area contributed by atoms with Gasteiger partial charge in [-0.15, -0.1) is 0 Å². The Balaban J connectivity index is 0.951. The van der Waals surface area contributed by atoms with Crippen LogP contribution in [-0.4, -0.2) is 55.9 Å². The SMILES string of the molecule is c1cc(C2CCCC3(C2)OOC2(O3)C3CC4CC(C3)CC2C4)ccc1OCCCN1CCOCC1. The molecule has 5 saturated carbocycles. The van der Waals surface area contributed by atoms with Gasteiger partial charge in [0.1, 0.15) is 5.75 Å². The van der Waals surface area contributed by atoms with E-state index in [1.165, 1.54) is 44.1 Å². The van der Waals surface area contributed by atoms with E-state index in [0.717, 1.165) is 82.7 Å². The van der Waals surface area contributed by atoms with E-state index in [9.17, 15) is 0 Å². The Bertz CT molecular complexity index is 856. The second-order valence-corrected chi connectivity index (χ2v) is 12.2. The van der Waals surface area contributed by atoms with Gasteiger partial charge in [-0.1, -0.05) is 12.1 Å². The molecule has 8 rings (SSSR count). The monoisotopic (exact) mass is 483 g/mol. The number of ether oxygens (including phenoxy) is 3. The maximum atomic E-state index is 6.96. The average molecular weight is 484 g/mol. The minimum atomic E-state index is -0.563. The molecule has 192 valence electrons. The van der Waals surface area contributed by atoms with Crippen LogP contribution in [0.1, 0.15) is 75.7 Å². The van der Waals surface area contributed by atoms with Crippen LogP contribution in [-0.2, 0) is 19.2 Å². The van der Waals surface area contributed by atoms with E-state index in [1.807, 2.05) is 0 Å². The minimum absolute atomic E-state index is 0.440.